The Balaban J connectivity index is 3.04. The maximum absolute atomic E-state index is 11.2. The van der Waals surface area contributed by atoms with Crippen molar-refractivity contribution in [3.8, 4) is 0 Å². The van der Waals surface area contributed by atoms with Gasteiger partial charge in [0.05, 0.1) is 16.1 Å². The molecule has 1 N–H and O–H groups in total. The van der Waals surface area contributed by atoms with Crippen molar-refractivity contribution in [1.29, 1.82) is 0 Å². The summed E-state index contributed by atoms with van der Waals surface area (Å²) in [4.78, 5) is 11.2. The van der Waals surface area contributed by atoms with Crippen molar-refractivity contribution in [2.24, 2.45) is 0 Å². The van der Waals surface area contributed by atoms with E-state index in [2.05, 4.69) is 23.1 Å². The Labute approximate surface area is 203 Å². The van der Waals surface area contributed by atoms with Gasteiger partial charge in [0, 0.05) is 6.42 Å². The number of halogens is 1. The van der Waals surface area contributed by atoms with Crippen LogP contribution in [0.1, 0.15) is 167 Å². The van der Waals surface area contributed by atoms with E-state index >= 15 is 0 Å². The van der Waals surface area contributed by atoms with Crippen LogP contribution in [0.5, 0.6) is 0 Å². The molecule has 0 saturated carbocycles. The monoisotopic (exact) mass is 503 g/mol. The normalized spacial score (nSPS) is 11.2. The number of nitrogens with zero attached hydrogens (tertiary/aromatic N) is 1. The van der Waals surface area contributed by atoms with E-state index in [9.17, 15) is 4.79 Å². The zero-order valence-corrected chi connectivity index (χ0v) is 22.4. The summed E-state index contributed by atoms with van der Waals surface area (Å²) < 4.78 is 0.520. The lowest BCUT2D eigenvalue weighted by Crippen LogP contribution is -2.15. The minimum atomic E-state index is -0.251. The van der Waals surface area contributed by atoms with E-state index in [0.717, 1.165) is 12.8 Å². The summed E-state index contributed by atoms with van der Waals surface area (Å²) in [6.45, 7) is 2.29. The zero-order chi connectivity index (χ0) is 22.8. The van der Waals surface area contributed by atoms with Gasteiger partial charge in [-0.05, 0) is 6.42 Å². The lowest BCUT2D eigenvalue weighted by molar-refractivity contribution is -0.143. The molecule has 0 aliphatic rings. The third-order valence-electron chi connectivity index (χ3n) is 6.45. The Kier molecular flexibility index (Phi) is 26.1. The van der Waals surface area contributed by atoms with Crippen LogP contribution in [-0.4, -0.2) is 15.2 Å². The highest BCUT2D eigenvalue weighted by molar-refractivity contribution is 9.07. The van der Waals surface area contributed by atoms with Gasteiger partial charge >= 0.3 is 0 Å². The maximum Gasteiger partial charge on any atom is 0.256 e. The van der Waals surface area contributed by atoms with E-state index in [1.54, 1.807) is 0 Å². The van der Waals surface area contributed by atoms with Gasteiger partial charge in [0.25, 0.3) is 5.91 Å². The first-order valence-electron chi connectivity index (χ1n) is 13.9. The standard InChI is InChI=1S/C27H54BrNO2/c1-2-3-4-5-6-7-8-9-10-11-12-13-14-15-16-17-18-19-20-21-22-23-24-25-26-27(30)29(28)31/h31H,2-26H2,1H3. The fourth-order valence-corrected chi connectivity index (χ4v) is 4.51. The summed E-state index contributed by atoms with van der Waals surface area (Å²) in [6.07, 6.45) is 33.5. The van der Waals surface area contributed by atoms with E-state index in [0.29, 0.717) is 10.5 Å². The van der Waals surface area contributed by atoms with E-state index < -0.39 is 0 Å². The minimum absolute atomic E-state index is 0.251. The van der Waals surface area contributed by atoms with Crippen LogP contribution in [0.25, 0.3) is 0 Å². The first kappa shape index (κ1) is 30.9. The van der Waals surface area contributed by atoms with Crippen molar-refractivity contribution in [3.05, 3.63) is 0 Å². The Morgan fingerprint density at radius 3 is 0.968 bits per heavy atom. The third kappa shape index (κ3) is 26.0. The molecule has 0 aromatic rings. The number of hydrogen-bond donors (Lipinski definition) is 1. The molecular weight excluding hydrogens is 450 g/mol. The molecule has 0 spiro atoms. The molecule has 0 heterocycles. The van der Waals surface area contributed by atoms with E-state index in [1.165, 1.54) is 141 Å². The third-order valence-corrected chi connectivity index (χ3v) is 6.85. The topological polar surface area (TPSA) is 40.5 Å². The fraction of sp³-hybridized carbons (Fsp3) is 0.963. The first-order chi connectivity index (χ1) is 15.2. The average molecular weight is 505 g/mol. The Hall–Kier alpha value is -0.0900. The summed E-state index contributed by atoms with van der Waals surface area (Å²) in [7, 11) is 0. The fourth-order valence-electron chi connectivity index (χ4n) is 4.33. The van der Waals surface area contributed by atoms with Gasteiger partial charge in [-0.25, -0.2) is 0 Å². The van der Waals surface area contributed by atoms with Crippen molar-refractivity contribution < 1.29 is 10.0 Å². The summed E-state index contributed by atoms with van der Waals surface area (Å²) in [5.74, 6) is -0.251. The molecule has 0 aromatic carbocycles. The molecule has 0 aromatic heterocycles. The zero-order valence-electron chi connectivity index (χ0n) is 20.9. The van der Waals surface area contributed by atoms with Crippen LogP contribution in [-0.2, 0) is 4.79 Å². The second kappa shape index (κ2) is 26.2. The second-order valence-electron chi connectivity index (χ2n) is 9.54. The highest BCUT2D eigenvalue weighted by atomic mass is 79.9. The molecule has 31 heavy (non-hydrogen) atoms. The maximum atomic E-state index is 11.2. The Morgan fingerprint density at radius 2 is 0.742 bits per heavy atom. The van der Waals surface area contributed by atoms with Gasteiger partial charge < -0.3 is 0 Å². The summed E-state index contributed by atoms with van der Waals surface area (Å²) >= 11 is 2.74. The van der Waals surface area contributed by atoms with Crippen LogP contribution in [0, 0.1) is 0 Å². The van der Waals surface area contributed by atoms with Gasteiger partial charge in [-0.15, -0.1) is 0 Å². The molecule has 0 aliphatic heterocycles. The summed E-state index contributed by atoms with van der Waals surface area (Å²) in [5.41, 5.74) is 0. The van der Waals surface area contributed by atoms with Gasteiger partial charge in [0.1, 0.15) is 0 Å². The van der Waals surface area contributed by atoms with Gasteiger partial charge in [0.2, 0.25) is 0 Å². The summed E-state index contributed by atoms with van der Waals surface area (Å²) in [5, 5.41) is 8.90. The van der Waals surface area contributed by atoms with Crippen molar-refractivity contribution in [3.63, 3.8) is 0 Å². The number of carbonyl (C=O) groups excluding carboxylic acids is 1. The highest BCUT2D eigenvalue weighted by Gasteiger charge is 2.05. The van der Waals surface area contributed by atoms with Crippen LogP contribution in [0.2, 0.25) is 0 Å². The van der Waals surface area contributed by atoms with Gasteiger partial charge in [-0.2, -0.15) is 4.09 Å². The molecule has 0 atom stereocenters. The Morgan fingerprint density at radius 1 is 0.516 bits per heavy atom. The van der Waals surface area contributed by atoms with Crippen molar-refractivity contribution >= 4 is 22.1 Å². The smallest absolute Gasteiger partial charge is 0.256 e. The lowest BCUT2D eigenvalue weighted by Gasteiger charge is -2.05. The van der Waals surface area contributed by atoms with E-state index in [4.69, 9.17) is 5.21 Å². The lowest BCUT2D eigenvalue weighted by atomic mass is 10.0. The minimum Gasteiger partial charge on any atom is -0.275 e. The van der Waals surface area contributed by atoms with E-state index in [-0.39, 0.29) is 5.91 Å². The van der Waals surface area contributed by atoms with Gasteiger partial charge in [0.15, 0.2) is 0 Å². The number of hydroxylamine groups is 1. The quantitative estimate of drug-likeness (QED) is 0.0581. The van der Waals surface area contributed by atoms with E-state index in [1.807, 2.05) is 0 Å². The van der Waals surface area contributed by atoms with Crippen LogP contribution < -0.4 is 0 Å². The van der Waals surface area contributed by atoms with Crippen molar-refractivity contribution in [1.82, 2.24) is 4.09 Å². The molecule has 0 rings (SSSR count). The van der Waals surface area contributed by atoms with Gasteiger partial charge in [-0.3, -0.25) is 10.0 Å². The van der Waals surface area contributed by atoms with Gasteiger partial charge in [-0.1, -0.05) is 155 Å². The number of amides is 1. The Bertz CT molecular complexity index is 363. The van der Waals surface area contributed by atoms with Crippen LogP contribution in [0.4, 0.5) is 0 Å². The predicted molar refractivity (Wildman–Crippen MR) is 139 cm³/mol. The highest BCUT2D eigenvalue weighted by Crippen LogP contribution is 2.16. The molecule has 0 saturated heterocycles. The summed E-state index contributed by atoms with van der Waals surface area (Å²) in [6, 6.07) is 0. The largest absolute Gasteiger partial charge is 0.275 e. The average Bonchev–Trinajstić information content (AvgIpc) is 2.76. The van der Waals surface area contributed by atoms with Crippen molar-refractivity contribution in [2.75, 3.05) is 0 Å². The van der Waals surface area contributed by atoms with Crippen molar-refractivity contribution in [2.45, 2.75) is 167 Å². The SMILES string of the molecule is CCCCCCCCCCCCCCCCCCCCCCCCCCC(=O)N(O)Br. The molecule has 0 aliphatic carbocycles. The number of hydrogen-bond acceptors (Lipinski definition) is 2. The first-order valence-corrected chi connectivity index (χ1v) is 14.6. The molecule has 0 bridgehead atoms. The molecular formula is C27H54BrNO2. The molecule has 0 unspecified atom stereocenters. The number of unbranched alkanes of at least 4 members (excludes halogenated alkanes) is 23. The predicted octanol–water partition coefficient (Wildman–Crippen LogP) is 10.3. The molecule has 0 radical (unpaired) electrons. The molecule has 186 valence electrons. The molecule has 0 fully saturated rings. The number of rotatable bonds is 25. The molecule has 3 nitrogen and oxygen atoms in total. The van der Waals surface area contributed by atoms with Crippen LogP contribution in [0.15, 0.2) is 0 Å². The van der Waals surface area contributed by atoms with Crippen LogP contribution >= 0.6 is 16.1 Å². The number of carbonyl (C=O) groups is 1. The molecule has 4 heteroatoms. The second-order valence-corrected chi connectivity index (χ2v) is 10.2. The van der Waals surface area contributed by atoms with Crippen LogP contribution in [0.3, 0.4) is 0 Å². The molecule has 1 amide bonds.